The van der Waals surface area contributed by atoms with Crippen LogP contribution < -0.4 is 5.73 Å². The van der Waals surface area contributed by atoms with Crippen LogP contribution in [0.4, 0.5) is 8.78 Å². The molecule has 5 heteroatoms. The third-order valence-corrected chi connectivity index (χ3v) is 3.37. The standard InChI is InChI=1S/C15H17F2NO2/c1-2-14-12(3-4-20-14)15(19)13(8-18)9-5-10(16)7-11(17)6-9/h3-7,13,15,19H,2,8,18H2,1H3. The predicted molar refractivity (Wildman–Crippen MR) is 71.2 cm³/mol. The van der Waals surface area contributed by atoms with Crippen molar-refractivity contribution in [2.45, 2.75) is 25.4 Å². The molecule has 1 aromatic heterocycles. The molecule has 1 heterocycles. The average Bonchev–Trinajstić information content (AvgIpc) is 2.86. The molecule has 2 atom stereocenters. The Hall–Kier alpha value is -1.72. The maximum Gasteiger partial charge on any atom is 0.126 e. The largest absolute Gasteiger partial charge is 0.469 e. The van der Waals surface area contributed by atoms with Crippen LogP contribution >= 0.6 is 0 Å². The van der Waals surface area contributed by atoms with Gasteiger partial charge in [-0.15, -0.1) is 0 Å². The fourth-order valence-electron chi connectivity index (χ4n) is 2.35. The lowest BCUT2D eigenvalue weighted by molar-refractivity contribution is 0.145. The summed E-state index contributed by atoms with van der Waals surface area (Å²) in [6, 6.07) is 4.83. The molecular weight excluding hydrogens is 264 g/mol. The summed E-state index contributed by atoms with van der Waals surface area (Å²) in [5, 5.41) is 10.4. The molecule has 2 rings (SSSR count). The van der Waals surface area contributed by atoms with Crippen LogP contribution in [-0.2, 0) is 6.42 Å². The smallest absolute Gasteiger partial charge is 0.126 e. The lowest BCUT2D eigenvalue weighted by atomic mass is 9.89. The Balaban J connectivity index is 2.36. The predicted octanol–water partition coefficient (Wildman–Crippen LogP) is 2.90. The summed E-state index contributed by atoms with van der Waals surface area (Å²) >= 11 is 0. The minimum atomic E-state index is -0.963. The number of hydrogen-bond donors (Lipinski definition) is 2. The van der Waals surface area contributed by atoms with E-state index in [0.717, 1.165) is 6.07 Å². The van der Waals surface area contributed by atoms with Crippen LogP contribution in [0, 0.1) is 11.6 Å². The summed E-state index contributed by atoms with van der Waals surface area (Å²) in [5.74, 6) is -1.32. The normalized spacial score (nSPS) is 14.2. The Kier molecular flexibility index (Phi) is 4.52. The van der Waals surface area contributed by atoms with E-state index in [1.807, 2.05) is 6.92 Å². The first-order valence-electron chi connectivity index (χ1n) is 6.47. The van der Waals surface area contributed by atoms with Crippen LogP contribution in [0.5, 0.6) is 0 Å². The van der Waals surface area contributed by atoms with Crippen molar-refractivity contribution in [2.75, 3.05) is 6.54 Å². The van der Waals surface area contributed by atoms with Crippen molar-refractivity contribution in [2.24, 2.45) is 5.73 Å². The number of benzene rings is 1. The number of furan rings is 1. The zero-order chi connectivity index (χ0) is 14.7. The topological polar surface area (TPSA) is 59.4 Å². The molecule has 0 saturated carbocycles. The van der Waals surface area contributed by atoms with Gasteiger partial charge >= 0.3 is 0 Å². The third-order valence-electron chi connectivity index (χ3n) is 3.37. The average molecular weight is 281 g/mol. The maximum absolute atomic E-state index is 13.3. The molecule has 0 spiro atoms. The monoisotopic (exact) mass is 281 g/mol. The van der Waals surface area contributed by atoms with Gasteiger partial charge in [0.05, 0.1) is 12.4 Å². The van der Waals surface area contributed by atoms with Crippen molar-refractivity contribution in [3.8, 4) is 0 Å². The summed E-state index contributed by atoms with van der Waals surface area (Å²) in [4.78, 5) is 0. The molecule has 108 valence electrons. The summed E-state index contributed by atoms with van der Waals surface area (Å²) < 4.78 is 31.9. The molecule has 2 aromatic rings. The number of nitrogens with two attached hydrogens (primary N) is 1. The van der Waals surface area contributed by atoms with Crippen LogP contribution in [0.2, 0.25) is 0 Å². The van der Waals surface area contributed by atoms with Gasteiger partial charge in [0.1, 0.15) is 17.4 Å². The number of aliphatic hydroxyl groups is 1. The van der Waals surface area contributed by atoms with Crippen molar-refractivity contribution < 1.29 is 18.3 Å². The van der Waals surface area contributed by atoms with Crippen LogP contribution in [0.25, 0.3) is 0 Å². The van der Waals surface area contributed by atoms with Gasteiger partial charge in [0.15, 0.2) is 0 Å². The third kappa shape index (κ3) is 2.89. The highest BCUT2D eigenvalue weighted by molar-refractivity contribution is 5.29. The van der Waals surface area contributed by atoms with E-state index in [0.29, 0.717) is 23.3 Å². The molecule has 0 aliphatic rings. The summed E-state index contributed by atoms with van der Waals surface area (Å²) in [7, 11) is 0. The van der Waals surface area contributed by atoms with Gasteiger partial charge < -0.3 is 15.3 Å². The molecule has 0 fully saturated rings. The first-order chi connectivity index (χ1) is 9.56. The highest BCUT2D eigenvalue weighted by Crippen LogP contribution is 2.33. The second kappa shape index (κ2) is 6.15. The minimum Gasteiger partial charge on any atom is -0.469 e. The Labute approximate surface area is 116 Å². The van der Waals surface area contributed by atoms with Gasteiger partial charge in [0.2, 0.25) is 0 Å². The van der Waals surface area contributed by atoms with Crippen LogP contribution in [-0.4, -0.2) is 11.7 Å². The molecule has 3 nitrogen and oxygen atoms in total. The van der Waals surface area contributed by atoms with E-state index in [9.17, 15) is 13.9 Å². The van der Waals surface area contributed by atoms with Crippen LogP contribution in [0.3, 0.4) is 0 Å². The quantitative estimate of drug-likeness (QED) is 0.886. The summed E-state index contributed by atoms with van der Waals surface area (Å²) in [6.07, 6.45) is 1.14. The lowest BCUT2D eigenvalue weighted by Crippen LogP contribution is -2.21. The molecule has 0 radical (unpaired) electrons. The highest BCUT2D eigenvalue weighted by Gasteiger charge is 2.25. The lowest BCUT2D eigenvalue weighted by Gasteiger charge is -2.22. The van der Waals surface area contributed by atoms with Crippen molar-refractivity contribution in [1.82, 2.24) is 0 Å². The van der Waals surface area contributed by atoms with E-state index in [2.05, 4.69) is 0 Å². The molecule has 0 amide bonds. The molecular formula is C15H17F2NO2. The Morgan fingerprint density at radius 2 is 1.90 bits per heavy atom. The van der Waals surface area contributed by atoms with E-state index in [1.54, 1.807) is 6.07 Å². The molecule has 0 aliphatic carbocycles. The van der Waals surface area contributed by atoms with Gasteiger partial charge in [-0.25, -0.2) is 8.78 Å². The van der Waals surface area contributed by atoms with E-state index < -0.39 is 23.7 Å². The molecule has 20 heavy (non-hydrogen) atoms. The Morgan fingerprint density at radius 1 is 1.25 bits per heavy atom. The first-order valence-corrected chi connectivity index (χ1v) is 6.47. The van der Waals surface area contributed by atoms with E-state index in [-0.39, 0.29) is 6.54 Å². The van der Waals surface area contributed by atoms with Gasteiger partial charge in [0, 0.05) is 30.5 Å². The first kappa shape index (κ1) is 14.7. The van der Waals surface area contributed by atoms with Gasteiger partial charge in [-0.3, -0.25) is 0 Å². The summed E-state index contributed by atoms with van der Waals surface area (Å²) in [5.41, 5.74) is 6.61. The number of rotatable bonds is 5. The van der Waals surface area contributed by atoms with E-state index in [1.165, 1.54) is 18.4 Å². The minimum absolute atomic E-state index is 0.0679. The van der Waals surface area contributed by atoms with Gasteiger partial charge in [-0.2, -0.15) is 0 Å². The molecule has 2 unspecified atom stereocenters. The van der Waals surface area contributed by atoms with E-state index in [4.69, 9.17) is 10.2 Å². The summed E-state index contributed by atoms with van der Waals surface area (Å²) in [6.45, 7) is 1.97. The zero-order valence-electron chi connectivity index (χ0n) is 11.1. The molecule has 0 saturated heterocycles. The van der Waals surface area contributed by atoms with Crippen molar-refractivity contribution in [1.29, 1.82) is 0 Å². The number of halogens is 2. The Bertz CT molecular complexity index is 563. The van der Waals surface area contributed by atoms with Gasteiger partial charge in [-0.1, -0.05) is 6.92 Å². The SMILES string of the molecule is CCc1occc1C(O)C(CN)c1cc(F)cc(F)c1. The number of aliphatic hydroxyl groups excluding tert-OH is 1. The zero-order valence-corrected chi connectivity index (χ0v) is 11.1. The van der Waals surface area contributed by atoms with Gasteiger partial charge in [-0.05, 0) is 23.8 Å². The fourth-order valence-corrected chi connectivity index (χ4v) is 2.35. The molecule has 0 bridgehead atoms. The van der Waals surface area contributed by atoms with Crippen molar-refractivity contribution in [3.63, 3.8) is 0 Å². The Morgan fingerprint density at radius 3 is 2.45 bits per heavy atom. The fraction of sp³-hybridized carbons (Fsp3) is 0.333. The van der Waals surface area contributed by atoms with Crippen LogP contribution in [0.15, 0.2) is 34.9 Å². The van der Waals surface area contributed by atoms with E-state index >= 15 is 0 Å². The number of hydrogen-bond acceptors (Lipinski definition) is 3. The van der Waals surface area contributed by atoms with Crippen molar-refractivity contribution in [3.05, 3.63) is 59.1 Å². The highest BCUT2D eigenvalue weighted by atomic mass is 19.1. The maximum atomic E-state index is 13.3. The number of aryl methyl sites for hydroxylation is 1. The van der Waals surface area contributed by atoms with Gasteiger partial charge in [0.25, 0.3) is 0 Å². The molecule has 3 N–H and O–H groups in total. The van der Waals surface area contributed by atoms with Crippen molar-refractivity contribution >= 4 is 0 Å². The second-order valence-electron chi connectivity index (χ2n) is 4.64. The molecule has 0 aliphatic heterocycles. The second-order valence-corrected chi connectivity index (χ2v) is 4.64. The van der Waals surface area contributed by atoms with Crippen LogP contribution in [0.1, 0.15) is 35.8 Å². The molecule has 1 aromatic carbocycles.